The summed E-state index contributed by atoms with van der Waals surface area (Å²) in [4.78, 5) is 32.4. The van der Waals surface area contributed by atoms with E-state index in [0.29, 0.717) is 0 Å². The fourth-order valence-corrected chi connectivity index (χ4v) is 1.12. The molecule has 0 atom stereocenters. The Morgan fingerprint density at radius 1 is 1.06 bits per heavy atom. The van der Waals surface area contributed by atoms with Gasteiger partial charge < -0.3 is 14.9 Å². The Balaban J connectivity index is 3.16. The summed E-state index contributed by atoms with van der Waals surface area (Å²) >= 11 is 0. The number of benzene rings is 1. The van der Waals surface area contributed by atoms with Gasteiger partial charge in [0.2, 0.25) is 0 Å². The van der Waals surface area contributed by atoms with Crippen molar-refractivity contribution in [2.24, 2.45) is 0 Å². The molecule has 0 radical (unpaired) electrons. The van der Waals surface area contributed by atoms with Gasteiger partial charge in [-0.05, 0) is 18.2 Å². The zero-order valence-electron chi connectivity index (χ0n) is 8.76. The summed E-state index contributed by atoms with van der Waals surface area (Å²) in [6.07, 6.45) is -0.816. The summed E-state index contributed by atoms with van der Waals surface area (Å²) in [6.45, 7) is 0. The van der Waals surface area contributed by atoms with Gasteiger partial charge in [0, 0.05) is 5.69 Å². The fraction of sp³-hybridized carbons (Fsp3) is 0.100. The molecule has 17 heavy (non-hydrogen) atoms. The number of anilines is 1. The van der Waals surface area contributed by atoms with Crippen LogP contribution < -0.4 is 5.32 Å². The molecule has 0 unspecified atom stereocenters. The van der Waals surface area contributed by atoms with Crippen molar-refractivity contribution in [1.82, 2.24) is 0 Å². The highest BCUT2D eigenvalue weighted by atomic mass is 16.5. The molecule has 0 saturated heterocycles. The highest BCUT2D eigenvalue weighted by Crippen LogP contribution is 2.15. The van der Waals surface area contributed by atoms with E-state index in [1.807, 2.05) is 0 Å². The Labute approximate surface area is 95.6 Å². The maximum absolute atomic E-state index is 10.9. The van der Waals surface area contributed by atoms with Gasteiger partial charge in [-0.1, -0.05) is 0 Å². The van der Waals surface area contributed by atoms with Crippen LogP contribution in [0.4, 0.5) is 10.5 Å². The van der Waals surface area contributed by atoms with Crippen molar-refractivity contribution in [3.63, 3.8) is 0 Å². The lowest BCUT2D eigenvalue weighted by Gasteiger charge is -2.06. The normalized spacial score (nSPS) is 9.47. The van der Waals surface area contributed by atoms with Gasteiger partial charge in [-0.2, -0.15) is 0 Å². The van der Waals surface area contributed by atoms with E-state index in [1.54, 1.807) is 0 Å². The number of methoxy groups -OCH3 is 1. The second-order valence-electron chi connectivity index (χ2n) is 3.03. The van der Waals surface area contributed by atoms with E-state index < -0.39 is 18.0 Å². The third-order valence-corrected chi connectivity index (χ3v) is 1.86. The van der Waals surface area contributed by atoms with Gasteiger partial charge in [0.15, 0.2) is 0 Å². The van der Waals surface area contributed by atoms with Crippen molar-refractivity contribution >= 4 is 23.7 Å². The van der Waals surface area contributed by atoms with Crippen molar-refractivity contribution < 1.29 is 29.3 Å². The minimum Gasteiger partial charge on any atom is -0.478 e. The fourth-order valence-electron chi connectivity index (χ4n) is 1.12. The van der Waals surface area contributed by atoms with Gasteiger partial charge in [-0.25, -0.2) is 14.4 Å². The first-order valence-corrected chi connectivity index (χ1v) is 4.40. The summed E-state index contributed by atoms with van der Waals surface area (Å²) in [7, 11) is 1.13. The number of hydrogen-bond acceptors (Lipinski definition) is 4. The predicted molar refractivity (Wildman–Crippen MR) is 56.4 cm³/mol. The number of ether oxygens (including phenoxy) is 1. The molecule has 3 N–H and O–H groups in total. The number of carboxylic acids is 2. The third-order valence-electron chi connectivity index (χ3n) is 1.86. The monoisotopic (exact) mass is 239 g/mol. The average molecular weight is 239 g/mol. The Hall–Kier alpha value is -2.57. The molecule has 0 aliphatic carbocycles. The molecule has 1 rings (SSSR count). The van der Waals surface area contributed by atoms with E-state index >= 15 is 0 Å². The molecule has 7 nitrogen and oxygen atoms in total. The van der Waals surface area contributed by atoms with Crippen LogP contribution in [0.25, 0.3) is 0 Å². The number of aromatic carboxylic acids is 2. The van der Waals surface area contributed by atoms with Crippen LogP contribution in [0.1, 0.15) is 20.7 Å². The molecular formula is C10H9NO6. The summed E-state index contributed by atoms with van der Waals surface area (Å²) in [5.74, 6) is -2.58. The second-order valence-corrected chi connectivity index (χ2v) is 3.03. The third kappa shape index (κ3) is 3.20. The van der Waals surface area contributed by atoms with Crippen LogP contribution in [-0.4, -0.2) is 35.4 Å². The van der Waals surface area contributed by atoms with E-state index in [0.717, 1.165) is 25.3 Å². The largest absolute Gasteiger partial charge is 0.478 e. The summed E-state index contributed by atoms with van der Waals surface area (Å²) < 4.78 is 4.31. The molecular weight excluding hydrogens is 230 g/mol. The standard InChI is InChI=1S/C10H9NO6/c1-17-10(16)11-7-3-5(8(12)13)2-6(4-7)9(14)15/h2-4H,1H3,(H,11,16)(H,12,13)(H,14,15). The molecule has 0 saturated carbocycles. The van der Waals surface area contributed by atoms with Crippen molar-refractivity contribution in [2.75, 3.05) is 12.4 Å². The van der Waals surface area contributed by atoms with Gasteiger partial charge >= 0.3 is 18.0 Å². The predicted octanol–water partition coefficient (Wildman–Crippen LogP) is 1.26. The molecule has 1 aromatic rings. The zero-order chi connectivity index (χ0) is 13.0. The van der Waals surface area contributed by atoms with Gasteiger partial charge in [0.05, 0.1) is 18.2 Å². The van der Waals surface area contributed by atoms with Gasteiger partial charge in [-0.15, -0.1) is 0 Å². The Bertz CT molecular complexity index is 449. The van der Waals surface area contributed by atoms with E-state index in [9.17, 15) is 14.4 Å². The highest BCUT2D eigenvalue weighted by molar-refractivity contribution is 5.97. The van der Waals surface area contributed by atoms with E-state index in [1.165, 1.54) is 0 Å². The lowest BCUT2D eigenvalue weighted by molar-refractivity contribution is 0.0696. The van der Waals surface area contributed by atoms with Crippen LogP contribution in [0, 0.1) is 0 Å². The summed E-state index contributed by atoms with van der Waals surface area (Å²) in [5, 5.41) is 19.7. The lowest BCUT2D eigenvalue weighted by atomic mass is 10.1. The molecule has 7 heteroatoms. The molecule has 1 aromatic carbocycles. The Morgan fingerprint density at radius 3 is 1.88 bits per heavy atom. The first-order chi connectivity index (χ1) is 7.93. The van der Waals surface area contributed by atoms with Crippen LogP contribution in [0.3, 0.4) is 0 Å². The number of amides is 1. The number of carbonyl (C=O) groups is 3. The summed E-state index contributed by atoms with van der Waals surface area (Å²) in [6, 6.07) is 3.25. The first kappa shape index (κ1) is 12.5. The molecule has 0 aliphatic heterocycles. The van der Waals surface area contributed by atoms with Gasteiger partial charge in [0.25, 0.3) is 0 Å². The highest BCUT2D eigenvalue weighted by Gasteiger charge is 2.12. The Morgan fingerprint density at radius 2 is 1.53 bits per heavy atom. The van der Waals surface area contributed by atoms with Crippen molar-refractivity contribution in [3.05, 3.63) is 29.3 Å². The number of rotatable bonds is 3. The van der Waals surface area contributed by atoms with Crippen molar-refractivity contribution in [3.8, 4) is 0 Å². The van der Waals surface area contributed by atoms with Gasteiger partial charge in [0.1, 0.15) is 0 Å². The van der Waals surface area contributed by atoms with Crippen molar-refractivity contribution in [1.29, 1.82) is 0 Å². The minimum absolute atomic E-state index is 0.0363. The van der Waals surface area contributed by atoms with Crippen LogP contribution in [0.15, 0.2) is 18.2 Å². The first-order valence-electron chi connectivity index (χ1n) is 4.40. The molecule has 1 amide bonds. The van der Waals surface area contributed by atoms with Crippen LogP contribution in [-0.2, 0) is 4.74 Å². The maximum atomic E-state index is 10.9. The average Bonchev–Trinajstić information content (AvgIpc) is 2.28. The molecule has 0 spiro atoms. The molecule has 0 aromatic heterocycles. The van der Waals surface area contributed by atoms with E-state index in [2.05, 4.69) is 10.1 Å². The quantitative estimate of drug-likeness (QED) is 0.731. The van der Waals surface area contributed by atoms with Gasteiger partial charge in [-0.3, -0.25) is 5.32 Å². The van der Waals surface area contributed by atoms with Crippen LogP contribution in [0.5, 0.6) is 0 Å². The molecule has 0 heterocycles. The number of carboxylic acid groups (broad SMARTS) is 2. The molecule has 0 aliphatic rings. The minimum atomic E-state index is -1.29. The van der Waals surface area contributed by atoms with Crippen LogP contribution in [0.2, 0.25) is 0 Å². The number of nitrogens with one attached hydrogen (secondary N) is 1. The SMILES string of the molecule is COC(=O)Nc1cc(C(=O)O)cc(C(=O)O)c1. The second kappa shape index (κ2) is 4.97. The lowest BCUT2D eigenvalue weighted by Crippen LogP contribution is -2.12. The smallest absolute Gasteiger partial charge is 0.411 e. The van der Waals surface area contributed by atoms with Crippen LogP contribution >= 0.6 is 0 Å². The number of carbonyl (C=O) groups excluding carboxylic acids is 1. The topological polar surface area (TPSA) is 113 Å². The van der Waals surface area contributed by atoms with Crippen molar-refractivity contribution in [2.45, 2.75) is 0 Å². The van der Waals surface area contributed by atoms with E-state index in [4.69, 9.17) is 10.2 Å². The van der Waals surface area contributed by atoms with E-state index in [-0.39, 0.29) is 16.8 Å². The molecule has 0 bridgehead atoms. The number of hydrogen-bond donors (Lipinski definition) is 3. The molecule has 90 valence electrons. The zero-order valence-corrected chi connectivity index (χ0v) is 8.76. The molecule has 0 fully saturated rings. The summed E-state index contributed by atoms with van der Waals surface area (Å²) in [5.41, 5.74) is -0.443. The maximum Gasteiger partial charge on any atom is 0.411 e. The Kier molecular flexibility index (Phi) is 3.66.